The molecule has 0 aliphatic carbocycles. The van der Waals surface area contributed by atoms with Crippen LogP contribution in [-0.2, 0) is 0 Å². The topological polar surface area (TPSA) is 63.8 Å². The van der Waals surface area contributed by atoms with Gasteiger partial charge in [0.2, 0.25) is 0 Å². The van der Waals surface area contributed by atoms with Crippen LogP contribution in [0.15, 0.2) is 22.0 Å². The molecule has 4 nitrogen and oxygen atoms in total. The van der Waals surface area contributed by atoms with Crippen LogP contribution in [0.25, 0.3) is 10.7 Å². The standard InChI is InChI=1S/C9H9BrN4S/c1-5-2-8(14-11)13-9(12-5)7-3-6(10)4-15-7/h2-4H,11H2,1H3,(H,12,13,14). The fraction of sp³-hybridized carbons (Fsp3) is 0.111. The minimum Gasteiger partial charge on any atom is -0.308 e. The van der Waals surface area contributed by atoms with Crippen molar-refractivity contribution in [3.8, 4) is 10.7 Å². The summed E-state index contributed by atoms with van der Waals surface area (Å²) in [5.74, 6) is 6.64. The summed E-state index contributed by atoms with van der Waals surface area (Å²) in [6.07, 6.45) is 0. The summed E-state index contributed by atoms with van der Waals surface area (Å²) in [5.41, 5.74) is 3.41. The zero-order valence-corrected chi connectivity index (χ0v) is 10.4. The van der Waals surface area contributed by atoms with Crippen LogP contribution < -0.4 is 11.3 Å². The first-order valence-electron chi connectivity index (χ1n) is 4.26. The third kappa shape index (κ3) is 2.34. The Morgan fingerprint density at radius 2 is 2.20 bits per heavy atom. The summed E-state index contributed by atoms with van der Waals surface area (Å²) in [5, 5.41) is 2.00. The number of nitrogens with one attached hydrogen (secondary N) is 1. The van der Waals surface area contributed by atoms with Gasteiger partial charge < -0.3 is 5.43 Å². The number of thiophene rings is 1. The Morgan fingerprint density at radius 3 is 2.80 bits per heavy atom. The fourth-order valence-electron chi connectivity index (χ4n) is 1.18. The number of halogens is 1. The second-order valence-electron chi connectivity index (χ2n) is 2.99. The van der Waals surface area contributed by atoms with Crippen molar-refractivity contribution in [1.29, 1.82) is 0 Å². The smallest absolute Gasteiger partial charge is 0.171 e. The number of aryl methyl sites for hydroxylation is 1. The van der Waals surface area contributed by atoms with Crippen molar-refractivity contribution in [1.82, 2.24) is 9.97 Å². The molecule has 0 fully saturated rings. The summed E-state index contributed by atoms with van der Waals surface area (Å²) < 4.78 is 1.04. The normalized spacial score (nSPS) is 10.3. The van der Waals surface area contributed by atoms with E-state index >= 15 is 0 Å². The lowest BCUT2D eigenvalue weighted by molar-refractivity contribution is 1.10. The van der Waals surface area contributed by atoms with Crippen LogP contribution in [0.5, 0.6) is 0 Å². The number of hydrogen-bond acceptors (Lipinski definition) is 5. The van der Waals surface area contributed by atoms with Crippen molar-refractivity contribution in [3.05, 3.63) is 27.7 Å². The van der Waals surface area contributed by atoms with E-state index in [1.165, 1.54) is 0 Å². The monoisotopic (exact) mass is 284 g/mol. The van der Waals surface area contributed by atoms with Crippen LogP contribution in [0.3, 0.4) is 0 Å². The lowest BCUT2D eigenvalue weighted by atomic mass is 10.4. The summed E-state index contributed by atoms with van der Waals surface area (Å²) >= 11 is 4.99. The van der Waals surface area contributed by atoms with Gasteiger partial charge in [0.1, 0.15) is 5.82 Å². The summed E-state index contributed by atoms with van der Waals surface area (Å²) in [4.78, 5) is 9.64. The molecule has 2 heterocycles. The zero-order chi connectivity index (χ0) is 10.8. The van der Waals surface area contributed by atoms with Gasteiger partial charge in [0, 0.05) is 21.6 Å². The van der Waals surface area contributed by atoms with Crippen molar-refractivity contribution in [2.24, 2.45) is 5.84 Å². The molecule has 78 valence electrons. The fourth-order valence-corrected chi connectivity index (χ4v) is 2.54. The molecule has 0 aliphatic heterocycles. The SMILES string of the molecule is Cc1cc(NN)nc(-c2cc(Br)cs2)n1. The van der Waals surface area contributed by atoms with Crippen LogP contribution in [0.1, 0.15) is 5.69 Å². The molecule has 0 amide bonds. The van der Waals surface area contributed by atoms with Gasteiger partial charge in [-0.1, -0.05) is 0 Å². The number of hydrazine groups is 1. The van der Waals surface area contributed by atoms with E-state index in [1.807, 2.05) is 18.4 Å². The zero-order valence-electron chi connectivity index (χ0n) is 7.99. The Balaban J connectivity index is 2.48. The number of rotatable bonds is 2. The molecule has 0 atom stereocenters. The molecule has 0 saturated carbocycles. The van der Waals surface area contributed by atoms with Crippen molar-refractivity contribution < 1.29 is 0 Å². The third-order valence-electron chi connectivity index (χ3n) is 1.79. The highest BCUT2D eigenvalue weighted by molar-refractivity contribution is 9.10. The van der Waals surface area contributed by atoms with E-state index in [-0.39, 0.29) is 0 Å². The molecular formula is C9H9BrN4S. The van der Waals surface area contributed by atoms with E-state index in [4.69, 9.17) is 5.84 Å². The molecule has 2 aromatic rings. The molecule has 0 radical (unpaired) electrons. The maximum atomic E-state index is 5.32. The highest BCUT2D eigenvalue weighted by Gasteiger charge is 2.06. The molecule has 2 aromatic heterocycles. The van der Waals surface area contributed by atoms with Crippen molar-refractivity contribution in [2.45, 2.75) is 6.92 Å². The van der Waals surface area contributed by atoms with Gasteiger partial charge in [0.25, 0.3) is 0 Å². The van der Waals surface area contributed by atoms with E-state index < -0.39 is 0 Å². The first-order chi connectivity index (χ1) is 7.19. The number of aromatic nitrogens is 2. The molecule has 3 N–H and O–H groups in total. The van der Waals surface area contributed by atoms with Crippen molar-refractivity contribution in [3.63, 3.8) is 0 Å². The Bertz CT molecular complexity index is 483. The summed E-state index contributed by atoms with van der Waals surface area (Å²) in [7, 11) is 0. The van der Waals surface area contributed by atoms with Crippen LogP contribution in [0, 0.1) is 6.92 Å². The Labute approximate surface area is 99.7 Å². The Kier molecular flexibility index (Phi) is 2.99. The number of nitrogens with two attached hydrogens (primary N) is 1. The number of nitrogen functional groups attached to an aromatic ring is 1. The highest BCUT2D eigenvalue weighted by atomic mass is 79.9. The molecule has 0 saturated heterocycles. The number of nitrogens with zero attached hydrogens (tertiary/aromatic N) is 2. The molecule has 2 rings (SSSR count). The maximum absolute atomic E-state index is 5.32. The van der Waals surface area contributed by atoms with Gasteiger partial charge in [0.15, 0.2) is 5.82 Å². The quantitative estimate of drug-likeness (QED) is 0.657. The minimum atomic E-state index is 0.627. The second-order valence-corrected chi connectivity index (χ2v) is 4.82. The predicted octanol–water partition coefficient (Wildman–Crippen LogP) is 2.56. The lowest BCUT2D eigenvalue weighted by Crippen LogP contribution is -2.09. The van der Waals surface area contributed by atoms with Gasteiger partial charge in [-0.3, -0.25) is 0 Å². The van der Waals surface area contributed by atoms with Crippen LogP contribution in [-0.4, -0.2) is 9.97 Å². The Hall–Kier alpha value is -0.980. The number of hydrogen-bond donors (Lipinski definition) is 2. The molecule has 6 heteroatoms. The molecule has 15 heavy (non-hydrogen) atoms. The number of anilines is 1. The molecule has 0 aromatic carbocycles. The molecule has 0 aliphatic rings. The average molecular weight is 285 g/mol. The third-order valence-corrected chi connectivity index (χ3v) is 3.48. The molecule has 0 unspecified atom stereocenters. The second kappa shape index (κ2) is 4.26. The van der Waals surface area contributed by atoms with Gasteiger partial charge in [-0.2, -0.15) is 0 Å². The average Bonchev–Trinajstić information content (AvgIpc) is 2.64. The van der Waals surface area contributed by atoms with Crippen LogP contribution >= 0.6 is 27.3 Å². The summed E-state index contributed by atoms with van der Waals surface area (Å²) in [6, 6.07) is 3.78. The van der Waals surface area contributed by atoms with Gasteiger partial charge in [-0.25, -0.2) is 15.8 Å². The largest absolute Gasteiger partial charge is 0.308 e. The summed E-state index contributed by atoms with van der Waals surface area (Å²) in [6.45, 7) is 1.91. The maximum Gasteiger partial charge on any atom is 0.171 e. The molecule has 0 bridgehead atoms. The van der Waals surface area contributed by atoms with E-state index in [0.29, 0.717) is 11.6 Å². The van der Waals surface area contributed by atoms with Crippen LogP contribution in [0.2, 0.25) is 0 Å². The van der Waals surface area contributed by atoms with Gasteiger partial charge in [0.05, 0.1) is 4.88 Å². The van der Waals surface area contributed by atoms with Crippen molar-refractivity contribution in [2.75, 3.05) is 5.43 Å². The van der Waals surface area contributed by atoms with Crippen molar-refractivity contribution >= 4 is 33.1 Å². The minimum absolute atomic E-state index is 0.627. The molecular weight excluding hydrogens is 276 g/mol. The van der Waals surface area contributed by atoms with Gasteiger partial charge in [-0.15, -0.1) is 11.3 Å². The predicted molar refractivity (Wildman–Crippen MR) is 65.6 cm³/mol. The van der Waals surface area contributed by atoms with Gasteiger partial charge >= 0.3 is 0 Å². The van der Waals surface area contributed by atoms with E-state index in [2.05, 4.69) is 31.3 Å². The lowest BCUT2D eigenvalue weighted by Gasteiger charge is -2.02. The first-order valence-corrected chi connectivity index (χ1v) is 5.93. The van der Waals surface area contributed by atoms with E-state index in [1.54, 1.807) is 17.4 Å². The van der Waals surface area contributed by atoms with Crippen LogP contribution in [0.4, 0.5) is 5.82 Å². The highest BCUT2D eigenvalue weighted by Crippen LogP contribution is 2.28. The van der Waals surface area contributed by atoms with Gasteiger partial charge in [-0.05, 0) is 28.9 Å². The van der Waals surface area contributed by atoms with E-state index in [9.17, 15) is 0 Å². The first kappa shape index (κ1) is 10.5. The van der Waals surface area contributed by atoms with E-state index in [0.717, 1.165) is 15.0 Å². The Morgan fingerprint density at radius 1 is 1.40 bits per heavy atom. The molecule has 0 spiro atoms.